The first kappa shape index (κ1) is 34.0. The molecule has 0 unspecified atom stereocenters. The summed E-state index contributed by atoms with van der Waals surface area (Å²) in [5.41, 5.74) is 0. The molecule has 120 valence electrons. The summed E-state index contributed by atoms with van der Waals surface area (Å²) in [4.78, 5) is 21.3. The quantitative estimate of drug-likeness (QED) is 0.366. The summed E-state index contributed by atoms with van der Waals surface area (Å²) < 4.78 is 11.6. The fraction of sp³-hybridized carbons (Fsp3) is 0.833. The van der Waals surface area contributed by atoms with E-state index in [0.717, 1.165) is 8.87 Å². The summed E-state index contributed by atoms with van der Waals surface area (Å²) in [5.74, 6) is -0.136. The summed E-state index contributed by atoms with van der Waals surface area (Å²) in [6.45, 7) is 7.45. The van der Waals surface area contributed by atoms with Crippen molar-refractivity contribution in [3.05, 3.63) is 0 Å². The van der Waals surface area contributed by atoms with Gasteiger partial charge < -0.3 is 40.5 Å². The summed E-state index contributed by atoms with van der Waals surface area (Å²) in [6, 6.07) is 0. The number of ether oxygens (including phenoxy) is 2. The van der Waals surface area contributed by atoms with E-state index in [2.05, 4.69) is 0 Å². The van der Waals surface area contributed by atoms with Gasteiger partial charge in [0.15, 0.2) is 0 Å². The minimum absolute atomic E-state index is 0. The SMILES string of the molecule is CC(C)OC(=O)C[CH2][Sn+3].CC(C)OC(=O)C[CH2][Sn+3].[S-2].[S-2].[S-2]. The van der Waals surface area contributed by atoms with Gasteiger partial charge in [-0.15, -0.1) is 0 Å². The van der Waals surface area contributed by atoms with E-state index in [1.165, 1.54) is 45.0 Å². The largest absolute Gasteiger partial charge is 2.00 e. The van der Waals surface area contributed by atoms with Crippen LogP contribution < -0.4 is 0 Å². The van der Waals surface area contributed by atoms with E-state index >= 15 is 0 Å². The second-order valence-electron chi connectivity index (χ2n) is 4.08. The zero-order valence-corrected chi connectivity index (χ0v) is 21.0. The van der Waals surface area contributed by atoms with E-state index < -0.39 is 0 Å². The third kappa shape index (κ3) is 34.1. The molecule has 0 aromatic heterocycles. The molecule has 0 saturated carbocycles. The Morgan fingerprint density at radius 2 is 1.00 bits per heavy atom. The van der Waals surface area contributed by atoms with Gasteiger partial charge in [0, 0.05) is 0 Å². The van der Waals surface area contributed by atoms with Gasteiger partial charge in [0.05, 0.1) is 0 Å². The van der Waals surface area contributed by atoms with Gasteiger partial charge in [-0.25, -0.2) is 0 Å². The standard InChI is InChI=1S/2C6H11O2.3S.2Sn/c2*1-4-6(7)8-5(2)3;;;;;/h2*5H,1,4H2,2-3H3;;;;;/q;;3*-2;2*+3. The van der Waals surface area contributed by atoms with Crippen LogP contribution in [0.3, 0.4) is 0 Å². The van der Waals surface area contributed by atoms with Crippen molar-refractivity contribution in [2.24, 2.45) is 0 Å². The Balaban J connectivity index is -0.0000000711. The van der Waals surface area contributed by atoms with Crippen LogP contribution in [0.4, 0.5) is 0 Å². The number of carbonyl (C=O) groups excluding carboxylic acids is 2. The van der Waals surface area contributed by atoms with E-state index in [9.17, 15) is 9.59 Å². The predicted octanol–water partition coefficient (Wildman–Crippen LogP) is 1.82. The van der Waals surface area contributed by atoms with Crippen LogP contribution in [-0.4, -0.2) is 69.2 Å². The molecule has 0 amide bonds. The van der Waals surface area contributed by atoms with Gasteiger partial charge >= 0.3 is 138 Å². The fourth-order valence-electron chi connectivity index (χ4n) is 0.848. The van der Waals surface area contributed by atoms with Gasteiger partial charge in [0.2, 0.25) is 0 Å². The van der Waals surface area contributed by atoms with Crippen molar-refractivity contribution < 1.29 is 19.1 Å². The number of rotatable bonds is 6. The van der Waals surface area contributed by atoms with E-state index in [-0.39, 0.29) is 64.6 Å². The third-order valence-electron chi connectivity index (χ3n) is 1.39. The molecule has 0 heterocycles. The van der Waals surface area contributed by atoms with E-state index in [4.69, 9.17) is 9.47 Å². The van der Waals surface area contributed by atoms with Crippen LogP contribution in [0.15, 0.2) is 0 Å². The normalized spacial score (nSPS) is 8.48. The van der Waals surface area contributed by atoms with Gasteiger partial charge in [-0.1, -0.05) is 0 Å². The summed E-state index contributed by atoms with van der Waals surface area (Å²) in [6.07, 6.45) is 1.24. The molecule has 0 bridgehead atoms. The molecule has 0 fully saturated rings. The maximum absolute atomic E-state index is 10.6. The average Bonchev–Trinajstić information content (AvgIpc) is 2.16. The summed E-state index contributed by atoms with van der Waals surface area (Å²) in [7, 11) is 0. The molecule has 21 heavy (non-hydrogen) atoms. The third-order valence-corrected chi connectivity index (χ3v) is 2.82. The van der Waals surface area contributed by atoms with E-state index in [1.54, 1.807) is 0 Å². The molecule has 0 aromatic carbocycles. The van der Waals surface area contributed by atoms with Crippen LogP contribution in [-0.2, 0) is 59.5 Å². The van der Waals surface area contributed by atoms with Gasteiger partial charge in [-0.05, 0) is 0 Å². The Kier molecular flexibility index (Phi) is 38.6. The van der Waals surface area contributed by atoms with Gasteiger partial charge in [0.25, 0.3) is 0 Å². The molecular weight excluding hydrogens is 542 g/mol. The number of hydrogen-bond acceptors (Lipinski definition) is 4. The molecule has 0 saturated heterocycles. The predicted molar refractivity (Wildman–Crippen MR) is 94.9 cm³/mol. The summed E-state index contributed by atoms with van der Waals surface area (Å²) >= 11 is 2.79. The molecule has 4 nitrogen and oxygen atoms in total. The molecule has 0 aliphatic heterocycles. The molecule has 0 aliphatic carbocycles. The second kappa shape index (κ2) is 23.8. The number of hydrogen-bond donors (Lipinski definition) is 0. The van der Waals surface area contributed by atoms with Crippen LogP contribution in [0.1, 0.15) is 40.5 Å². The number of esters is 2. The monoisotopic (exact) mass is 566 g/mol. The van der Waals surface area contributed by atoms with Crippen molar-refractivity contribution in [1.82, 2.24) is 0 Å². The van der Waals surface area contributed by atoms with Gasteiger partial charge in [-0.3, -0.25) is 0 Å². The minimum Gasteiger partial charge on any atom is -2.00 e. The molecule has 0 aliphatic rings. The van der Waals surface area contributed by atoms with E-state index in [0.29, 0.717) is 12.8 Å². The molecular formula is C12H22O4S3Sn2. The zero-order valence-electron chi connectivity index (χ0n) is 12.8. The molecule has 9 heteroatoms. The first-order valence-electron chi connectivity index (χ1n) is 6.01. The van der Waals surface area contributed by atoms with Crippen LogP contribution in [0.2, 0.25) is 8.87 Å². The van der Waals surface area contributed by atoms with Crippen molar-refractivity contribution in [2.45, 2.75) is 61.6 Å². The van der Waals surface area contributed by atoms with Crippen LogP contribution >= 0.6 is 0 Å². The Morgan fingerprint density at radius 1 is 0.762 bits per heavy atom. The maximum Gasteiger partial charge on any atom is -2.00 e. The van der Waals surface area contributed by atoms with Crippen LogP contribution in [0.25, 0.3) is 0 Å². The molecule has 0 aromatic rings. The average molecular weight is 564 g/mol. The van der Waals surface area contributed by atoms with Gasteiger partial charge in [0.1, 0.15) is 0 Å². The Bertz CT molecular complexity index is 219. The molecule has 0 spiro atoms. The Morgan fingerprint density at radius 3 is 1.14 bits per heavy atom. The Hall–Kier alpha value is 1.59. The topological polar surface area (TPSA) is 52.6 Å². The zero-order chi connectivity index (χ0) is 14.6. The molecule has 0 radical (unpaired) electrons. The fourth-order valence-corrected chi connectivity index (χ4v) is 2.01. The van der Waals surface area contributed by atoms with Crippen molar-refractivity contribution in [2.75, 3.05) is 0 Å². The smallest absolute Gasteiger partial charge is 2.00 e. The van der Waals surface area contributed by atoms with Crippen LogP contribution in [0, 0.1) is 0 Å². The van der Waals surface area contributed by atoms with Crippen LogP contribution in [0.5, 0.6) is 0 Å². The van der Waals surface area contributed by atoms with Crippen molar-refractivity contribution in [3.8, 4) is 0 Å². The Labute approximate surface area is 176 Å². The van der Waals surface area contributed by atoms with Crippen molar-refractivity contribution in [1.29, 1.82) is 0 Å². The molecule has 0 atom stereocenters. The minimum atomic E-state index is -0.0678. The second-order valence-corrected chi connectivity index (χ2v) is 6.93. The summed E-state index contributed by atoms with van der Waals surface area (Å²) in [5, 5.41) is 0. The first-order valence-corrected chi connectivity index (χ1v) is 10.0. The van der Waals surface area contributed by atoms with Crippen molar-refractivity contribution >= 4 is 97.5 Å². The first-order chi connectivity index (χ1) is 8.33. The molecule has 0 rings (SSSR count). The van der Waals surface area contributed by atoms with Gasteiger partial charge in [-0.2, -0.15) is 0 Å². The molecule has 0 N–H and O–H groups in total. The number of carbonyl (C=O) groups is 2. The van der Waals surface area contributed by atoms with Crippen molar-refractivity contribution in [3.63, 3.8) is 0 Å². The van der Waals surface area contributed by atoms with E-state index in [1.807, 2.05) is 27.7 Å². The maximum atomic E-state index is 10.6.